The summed E-state index contributed by atoms with van der Waals surface area (Å²) in [5, 5.41) is 11.5. The van der Waals surface area contributed by atoms with Crippen LogP contribution in [0.4, 0.5) is 0 Å². The third-order valence-corrected chi connectivity index (χ3v) is 4.55. The molecule has 0 amide bonds. The number of thiophene rings is 1. The summed E-state index contributed by atoms with van der Waals surface area (Å²) >= 11 is 6.95. The van der Waals surface area contributed by atoms with E-state index < -0.39 is 0 Å². The lowest BCUT2D eigenvalue weighted by molar-refractivity contribution is 0.355. The first-order chi connectivity index (χ1) is 11.6. The van der Waals surface area contributed by atoms with Crippen molar-refractivity contribution >= 4 is 29.8 Å². The molecule has 0 aliphatic heterocycles. The van der Waals surface area contributed by atoms with Crippen LogP contribution in [-0.4, -0.2) is 35.3 Å². The standard InChI is InChI=1S/C16H16N4O2S2/c1-10-4-6-12(24-10)9-17-20-15(18-19-16(20)23)11-5-7-13(21-2)14(8-11)22-3/h4-9H,1-3H3,(H,19,23)/b17-9-. The number of hydrogen-bond donors (Lipinski definition) is 1. The quantitative estimate of drug-likeness (QED) is 0.554. The molecular formula is C16H16N4O2S2. The molecule has 0 aliphatic carbocycles. The van der Waals surface area contributed by atoms with Crippen molar-refractivity contribution in [2.24, 2.45) is 5.10 Å². The highest BCUT2D eigenvalue weighted by molar-refractivity contribution is 7.71. The van der Waals surface area contributed by atoms with Crippen LogP contribution in [0.25, 0.3) is 11.4 Å². The number of H-pyrrole nitrogens is 1. The van der Waals surface area contributed by atoms with Crippen LogP contribution in [0, 0.1) is 11.7 Å². The molecule has 24 heavy (non-hydrogen) atoms. The zero-order valence-electron chi connectivity index (χ0n) is 13.4. The lowest BCUT2D eigenvalue weighted by Crippen LogP contribution is -1.96. The zero-order chi connectivity index (χ0) is 17.1. The summed E-state index contributed by atoms with van der Waals surface area (Å²) in [4.78, 5) is 2.28. The van der Waals surface area contributed by atoms with E-state index in [1.165, 1.54) is 4.88 Å². The van der Waals surface area contributed by atoms with E-state index >= 15 is 0 Å². The van der Waals surface area contributed by atoms with Gasteiger partial charge in [0.1, 0.15) is 0 Å². The molecule has 0 radical (unpaired) electrons. The van der Waals surface area contributed by atoms with Gasteiger partial charge in [-0.25, -0.2) is 5.10 Å². The highest BCUT2D eigenvalue weighted by atomic mass is 32.1. The van der Waals surface area contributed by atoms with Crippen molar-refractivity contribution in [3.63, 3.8) is 0 Å². The SMILES string of the molecule is COc1ccc(-c2n[nH]c(=S)n2/N=C\c2ccc(C)s2)cc1OC. The summed E-state index contributed by atoms with van der Waals surface area (Å²) in [5.41, 5.74) is 0.819. The summed E-state index contributed by atoms with van der Waals surface area (Å²) < 4.78 is 12.6. The van der Waals surface area contributed by atoms with Gasteiger partial charge in [-0.2, -0.15) is 14.9 Å². The second kappa shape index (κ2) is 6.98. The fourth-order valence-corrected chi connectivity index (χ4v) is 3.12. The monoisotopic (exact) mass is 360 g/mol. The summed E-state index contributed by atoms with van der Waals surface area (Å²) in [6, 6.07) is 9.61. The molecule has 0 spiro atoms. The summed E-state index contributed by atoms with van der Waals surface area (Å²) in [6.07, 6.45) is 1.77. The Hall–Kier alpha value is -2.45. The highest BCUT2D eigenvalue weighted by Gasteiger charge is 2.12. The Kier molecular flexibility index (Phi) is 4.77. The molecule has 6 nitrogen and oxygen atoms in total. The van der Waals surface area contributed by atoms with E-state index in [-0.39, 0.29) is 0 Å². The van der Waals surface area contributed by atoms with Gasteiger partial charge in [-0.05, 0) is 49.5 Å². The summed E-state index contributed by atoms with van der Waals surface area (Å²) in [7, 11) is 3.19. The van der Waals surface area contributed by atoms with Crippen molar-refractivity contribution < 1.29 is 9.47 Å². The van der Waals surface area contributed by atoms with E-state index in [4.69, 9.17) is 21.7 Å². The number of methoxy groups -OCH3 is 2. The van der Waals surface area contributed by atoms with Crippen LogP contribution in [0.1, 0.15) is 9.75 Å². The molecule has 2 heterocycles. The maximum atomic E-state index is 5.34. The van der Waals surface area contributed by atoms with Crippen molar-refractivity contribution in [3.8, 4) is 22.9 Å². The average Bonchev–Trinajstić information content (AvgIpc) is 3.17. The lowest BCUT2D eigenvalue weighted by Gasteiger charge is -2.08. The van der Waals surface area contributed by atoms with E-state index in [1.807, 2.05) is 24.3 Å². The molecule has 8 heteroatoms. The molecule has 0 unspecified atom stereocenters. The van der Waals surface area contributed by atoms with Crippen molar-refractivity contribution in [2.75, 3.05) is 14.2 Å². The molecule has 1 N–H and O–H groups in total. The maximum Gasteiger partial charge on any atom is 0.216 e. The fourth-order valence-electron chi connectivity index (χ4n) is 2.20. The lowest BCUT2D eigenvalue weighted by atomic mass is 10.2. The molecule has 124 valence electrons. The second-order valence-corrected chi connectivity index (χ2v) is 6.63. The topological polar surface area (TPSA) is 64.4 Å². The predicted molar refractivity (Wildman–Crippen MR) is 98.0 cm³/mol. The molecule has 1 aromatic carbocycles. The molecule has 0 saturated carbocycles. The van der Waals surface area contributed by atoms with E-state index in [2.05, 4.69) is 28.3 Å². The van der Waals surface area contributed by atoms with Crippen LogP contribution in [0.3, 0.4) is 0 Å². The largest absolute Gasteiger partial charge is 0.493 e. The first-order valence-corrected chi connectivity index (χ1v) is 8.35. The number of nitrogens with one attached hydrogen (secondary N) is 1. The zero-order valence-corrected chi connectivity index (χ0v) is 15.1. The van der Waals surface area contributed by atoms with Gasteiger partial charge >= 0.3 is 0 Å². The molecule has 0 atom stereocenters. The number of aromatic amines is 1. The van der Waals surface area contributed by atoms with Gasteiger partial charge in [0.25, 0.3) is 0 Å². The number of ether oxygens (including phenoxy) is 2. The van der Waals surface area contributed by atoms with Gasteiger partial charge < -0.3 is 9.47 Å². The van der Waals surface area contributed by atoms with E-state index in [0.29, 0.717) is 22.1 Å². The first kappa shape index (κ1) is 16.4. The van der Waals surface area contributed by atoms with E-state index in [1.54, 1.807) is 36.4 Å². The Bertz CT molecular complexity index is 940. The molecule has 0 bridgehead atoms. The Balaban J connectivity index is 2.01. The van der Waals surface area contributed by atoms with E-state index in [0.717, 1.165) is 10.4 Å². The van der Waals surface area contributed by atoms with Crippen LogP contribution in [0.2, 0.25) is 0 Å². The van der Waals surface area contributed by atoms with Crippen LogP contribution in [-0.2, 0) is 0 Å². The van der Waals surface area contributed by atoms with Gasteiger partial charge in [0, 0.05) is 15.3 Å². The van der Waals surface area contributed by atoms with Crippen LogP contribution in [0.5, 0.6) is 11.5 Å². The Labute approximate surface area is 148 Å². The Morgan fingerprint density at radius 1 is 1.21 bits per heavy atom. The minimum Gasteiger partial charge on any atom is -0.493 e. The van der Waals surface area contributed by atoms with Gasteiger partial charge in [-0.3, -0.25) is 0 Å². The number of aromatic nitrogens is 3. The van der Waals surface area contributed by atoms with Gasteiger partial charge in [-0.1, -0.05) is 0 Å². The van der Waals surface area contributed by atoms with Gasteiger partial charge in [-0.15, -0.1) is 11.3 Å². The molecule has 0 aliphatic rings. The van der Waals surface area contributed by atoms with Gasteiger partial charge in [0.05, 0.1) is 20.4 Å². The number of rotatable bonds is 5. The molecule has 0 fully saturated rings. The third kappa shape index (κ3) is 3.24. The highest BCUT2D eigenvalue weighted by Crippen LogP contribution is 2.31. The molecular weight excluding hydrogens is 344 g/mol. The van der Waals surface area contributed by atoms with Crippen LogP contribution in [0.15, 0.2) is 35.4 Å². The van der Waals surface area contributed by atoms with Crippen LogP contribution >= 0.6 is 23.6 Å². The number of nitrogens with zero attached hydrogens (tertiary/aromatic N) is 3. The minimum absolute atomic E-state index is 0.421. The number of benzene rings is 1. The van der Waals surface area contributed by atoms with Crippen LogP contribution < -0.4 is 9.47 Å². The van der Waals surface area contributed by atoms with Crippen molar-refractivity contribution in [2.45, 2.75) is 6.92 Å². The smallest absolute Gasteiger partial charge is 0.216 e. The van der Waals surface area contributed by atoms with Gasteiger partial charge in [0.2, 0.25) is 4.77 Å². The molecule has 2 aromatic heterocycles. The minimum atomic E-state index is 0.421. The predicted octanol–water partition coefficient (Wildman–Crippen LogP) is 3.88. The van der Waals surface area contributed by atoms with E-state index in [9.17, 15) is 0 Å². The molecule has 0 saturated heterocycles. The second-order valence-electron chi connectivity index (χ2n) is 4.93. The fraction of sp³-hybridized carbons (Fsp3) is 0.188. The Morgan fingerprint density at radius 3 is 2.67 bits per heavy atom. The third-order valence-electron chi connectivity index (χ3n) is 3.35. The summed E-state index contributed by atoms with van der Waals surface area (Å²) in [5.74, 6) is 1.87. The molecule has 3 aromatic rings. The molecule has 3 rings (SSSR count). The van der Waals surface area contributed by atoms with Crippen molar-refractivity contribution in [1.82, 2.24) is 14.9 Å². The first-order valence-electron chi connectivity index (χ1n) is 7.13. The maximum absolute atomic E-state index is 5.34. The number of hydrogen-bond acceptors (Lipinski definition) is 6. The van der Waals surface area contributed by atoms with Crippen molar-refractivity contribution in [1.29, 1.82) is 0 Å². The van der Waals surface area contributed by atoms with Gasteiger partial charge in [0.15, 0.2) is 17.3 Å². The Morgan fingerprint density at radius 2 is 2.00 bits per heavy atom. The average molecular weight is 360 g/mol. The summed E-state index contributed by atoms with van der Waals surface area (Å²) in [6.45, 7) is 2.06. The number of aryl methyl sites for hydroxylation is 1. The normalized spacial score (nSPS) is 11.1. The van der Waals surface area contributed by atoms with Crippen molar-refractivity contribution in [3.05, 3.63) is 44.9 Å².